The topological polar surface area (TPSA) is 25.8 Å². The van der Waals surface area contributed by atoms with Crippen LogP contribution in [0.3, 0.4) is 0 Å². The molecule has 10 aromatic carbocycles. The predicted octanol–water partition coefficient (Wildman–Crippen LogP) is 15.1. The van der Waals surface area contributed by atoms with Gasteiger partial charge in [0.2, 0.25) is 0 Å². The standard InChI is InChI=1S/C56H36N2/c1-4-16-37(17-5-1)42-32-43(38-18-6-2-7-19-38)34-44(33-42)53-36-54(58-56(57-53)40-21-8-3-9-22-40)49-30-31-50(48-27-15-14-26-47(48)49)55-46-25-13-11-23-41(46)35-52-45-24-12-10-20-39(45)28-29-51(52)55/h1-36H. The molecule has 0 atom stereocenters. The fourth-order valence-electron chi connectivity index (χ4n) is 8.67. The van der Waals surface area contributed by atoms with Crippen molar-refractivity contribution >= 4 is 43.1 Å². The van der Waals surface area contributed by atoms with Gasteiger partial charge in [0.15, 0.2) is 5.82 Å². The lowest BCUT2D eigenvalue weighted by molar-refractivity contribution is 1.18. The lowest BCUT2D eigenvalue weighted by Crippen LogP contribution is -1.97. The van der Waals surface area contributed by atoms with Gasteiger partial charge in [-0.2, -0.15) is 0 Å². The van der Waals surface area contributed by atoms with Gasteiger partial charge in [-0.15, -0.1) is 0 Å². The number of rotatable bonds is 6. The maximum absolute atomic E-state index is 5.34. The Kier molecular flexibility index (Phi) is 8.19. The Labute approximate surface area is 337 Å². The van der Waals surface area contributed by atoms with Crippen LogP contribution < -0.4 is 0 Å². The van der Waals surface area contributed by atoms with Crippen molar-refractivity contribution in [3.8, 4) is 67.3 Å². The maximum Gasteiger partial charge on any atom is 0.160 e. The van der Waals surface area contributed by atoms with Crippen LogP contribution in [0.2, 0.25) is 0 Å². The number of fused-ring (bicyclic) bond motifs is 5. The number of benzene rings is 10. The first-order chi connectivity index (χ1) is 28.7. The molecule has 0 spiro atoms. The fraction of sp³-hybridized carbons (Fsp3) is 0. The monoisotopic (exact) mass is 736 g/mol. The van der Waals surface area contributed by atoms with Gasteiger partial charge in [0.25, 0.3) is 0 Å². The normalized spacial score (nSPS) is 11.4. The van der Waals surface area contributed by atoms with Gasteiger partial charge in [-0.1, -0.05) is 188 Å². The van der Waals surface area contributed by atoms with Gasteiger partial charge in [-0.3, -0.25) is 0 Å². The van der Waals surface area contributed by atoms with E-state index in [4.69, 9.17) is 9.97 Å². The third kappa shape index (κ3) is 5.91. The summed E-state index contributed by atoms with van der Waals surface area (Å²) < 4.78 is 0. The van der Waals surface area contributed by atoms with Gasteiger partial charge >= 0.3 is 0 Å². The Balaban J connectivity index is 1.15. The van der Waals surface area contributed by atoms with Crippen LogP contribution in [0, 0.1) is 0 Å². The second-order valence-electron chi connectivity index (χ2n) is 14.9. The van der Waals surface area contributed by atoms with Gasteiger partial charge in [0, 0.05) is 16.7 Å². The van der Waals surface area contributed by atoms with Crippen molar-refractivity contribution in [3.63, 3.8) is 0 Å². The van der Waals surface area contributed by atoms with Crippen molar-refractivity contribution in [1.82, 2.24) is 9.97 Å². The SMILES string of the molecule is c1ccc(-c2cc(-c3ccccc3)cc(-c3cc(-c4ccc(-c5c6ccccc6cc6c5ccc5ccccc56)c5ccccc45)nc(-c4ccccc4)n3)c2)cc1. The first-order valence-corrected chi connectivity index (χ1v) is 19.8. The van der Waals surface area contributed by atoms with E-state index in [9.17, 15) is 0 Å². The molecule has 0 N–H and O–H groups in total. The largest absolute Gasteiger partial charge is 0.228 e. The van der Waals surface area contributed by atoms with Crippen LogP contribution in [0.15, 0.2) is 218 Å². The maximum atomic E-state index is 5.34. The molecule has 11 rings (SSSR count). The van der Waals surface area contributed by atoms with E-state index >= 15 is 0 Å². The summed E-state index contributed by atoms with van der Waals surface area (Å²) in [5.41, 5.74) is 11.9. The molecule has 0 amide bonds. The molecule has 2 heteroatoms. The summed E-state index contributed by atoms with van der Waals surface area (Å²) in [7, 11) is 0. The van der Waals surface area contributed by atoms with Gasteiger partial charge in [-0.05, 0) is 107 Å². The van der Waals surface area contributed by atoms with Gasteiger partial charge in [0.05, 0.1) is 11.4 Å². The highest BCUT2D eigenvalue weighted by Crippen LogP contribution is 2.44. The van der Waals surface area contributed by atoms with Crippen LogP contribution in [0.25, 0.3) is 110 Å². The molecular weight excluding hydrogens is 701 g/mol. The highest BCUT2D eigenvalue weighted by Gasteiger charge is 2.19. The van der Waals surface area contributed by atoms with Crippen molar-refractivity contribution < 1.29 is 0 Å². The Morgan fingerprint density at radius 3 is 1.41 bits per heavy atom. The highest BCUT2D eigenvalue weighted by atomic mass is 14.9. The molecule has 0 fully saturated rings. The number of nitrogens with zero attached hydrogens (tertiary/aromatic N) is 2. The number of hydrogen-bond donors (Lipinski definition) is 0. The zero-order valence-corrected chi connectivity index (χ0v) is 31.7. The predicted molar refractivity (Wildman–Crippen MR) is 245 cm³/mol. The molecule has 270 valence electrons. The molecule has 2 nitrogen and oxygen atoms in total. The summed E-state index contributed by atoms with van der Waals surface area (Å²) >= 11 is 0. The molecule has 0 saturated carbocycles. The highest BCUT2D eigenvalue weighted by molar-refractivity contribution is 6.23. The third-order valence-corrected chi connectivity index (χ3v) is 11.4. The Bertz CT molecular complexity index is 3260. The molecule has 0 aliphatic heterocycles. The summed E-state index contributed by atoms with van der Waals surface area (Å²) in [5, 5.41) is 9.83. The Morgan fingerprint density at radius 2 is 0.741 bits per heavy atom. The van der Waals surface area contributed by atoms with Crippen molar-refractivity contribution in [2.24, 2.45) is 0 Å². The average Bonchev–Trinajstić information content (AvgIpc) is 3.31. The van der Waals surface area contributed by atoms with E-state index in [-0.39, 0.29) is 0 Å². The van der Waals surface area contributed by atoms with Crippen molar-refractivity contribution in [2.45, 2.75) is 0 Å². The molecule has 1 aromatic heterocycles. The zero-order chi connectivity index (χ0) is 38.4. The first kappa shape index (κ1) is 33.6. The van der Waals surface area contributed by atoms with Crippen LogP contribution in [0.5, 0.6) is 0 Å². The van der Waals surface area contributed by atoms with Gasteiger partial charge < -0.3 is 0 Å². The molecule has 11 aromatic rings. The van der Waals surface area contributed by atoms with Crippen LogP contribution in [-0.2, 0) is 0 Å². The molecule has 0 unspecified atom stereocenters. The van der Waals surface area contributed by atoms with Crippen LogP contribution in [0.4, 0.5) is 0 Å². The molecule has 0 saturated heterocycles. The molecule has 1 heterocycles. The Hall–Kier alpha value is -7.68. The Morgan fingerprint density at radius 1 is 0.241 bits per heavy atom. The second kappa shape index (κ2) is 14.1. The minimum absolute atomic E-state index is 0.694. The zero-order valence-electron chi connectivity index (χ0n) is 31.7. The van der Waals surface area contributed by atoms with E-state index in [0.717, 1.165) is 55.7 Å². The summed E-state index contributed by atoms with van der Waals surface area (Å²) in [4.78, 5) is 10.6. The summed E-state index contributed by atoms with van der Waals surface area (Å²) in [6, 6.07) is 78.3. The summed E-state index contributed by atoms with van der Waals surface area (Å²) in [6.07, 6.45) is 0. The number of aromatic nitrogens is 2. The summed E-state index contributed by atoms with van der Waals surface area (Å²) in [5.74, 6) is 0.694. The molecule has 0 bridgehead atoms. The quantitative estimate of drug-likeness (QED) is 0.125. The minimum Gasteiger partial charge on any atom is -0.228 e. The lowest BCUT2D eigenvalue weighted by atomic mass is 9.86. The fourth-order valence-corrected chi connectivity index (χ4v) is 8.67. The number of hydrogen-bond acceptors (Lipinski definition) is 2. The molecule has 0 radical (unpaired) electrons. The molecular formula is C56H36N2. The molecule has 0 aliphatic rings. The van der Waals surface area contributed by atoms with E-state index in [1.54, 1.807) is 0 Å². The molecule has 0 aliphatic carbocycles. The average molecular weight is 737 g/mol. The van der Waals surface area contributed by atoms with Crippen molar-refractivity contribution in [3.05, 3.63) is 218 Å². The third-order valence-electron chi connectivity index (χ3n) is 11.4. The van der Waals surface area contributed by atoms with E-state index in [1.165, 1.54) is 48.8 Å². The van der Waals surface area contributed by atoms with E-state index < -0.39 is 0 Å². The van der Waals surface area contributed by atoms with Crippen molar-refractivity contribution in [2.75, 3.05) is 0 Å². The van der Waals surface area contributed by atoms with E-state index in [0.29, 0.717) is 5.82 Å². The van der Waals surface area contributed by atoms with Crippen LogP contribution >= 0.6 is 0 Å². The van der Waals surface area contributed by atoms with E-state index in [1.807, 2.05) is 6.07 Å². The van der Waals surface area contributed by atoms with Crippen LogP contribution in [-0.4, -0.2) is 9.97 Å². The smallest absolute Gasteiger partial charge is 0.160 e. The first-order valence-electron chi connectivity index (χ1n) is 19.8. The van der Waals surface area contributed by atoms with Gasteiger partial charge in [-0.25, -0.2) is 9.97 Å². The minimum atomic E-state index is 0.694. The van der Waals surface area contributed by atoms with Crippen LogP contribution in [0.1, 0.15) is 0 Å². The van der Waals surface area contributed by atoms with Gasteiger partial charge in [0.1, 0.15) is 0 Å². The lowest BCUT2D eigenvalue weighted by Gasteiger charge is -2.18. The summed E-state index contributed by atoms with van der Waals surface area (Å²) in [6.45, 7) is 0. The second-order valence-corrected chi connectivity index (χ2v) is 14.9. The molecule has 58 heavy (non-hydrogen) atoms. The van der Waals surface area contributed by atoms with E-state index in [2.05, 4.69) is 212 Å². The van der Waals surface area contributed by atoms with Crippen molar-refractivity contribution in [1.29, 1.82) is 0 Å².